The molecule has 0 saturated heterocycles. The molecule has 0 amide bonds. The monoisotopic (exact) mass is 427 g/mol. The van der Waals surface area contributed by atoms with E-state index in [9.17, 15) is 4.79 Å². The lowest BCUT2D eigenvalue weighted by Gasteiger charge is -2.08. The molecule has 0 radical (unpaired) electrons. The average Bonchev–Trinajstić information content (AvgIpc) is 2.56. The summed E-state index contributed by atoms with van der Waals surface area (Å²) in [5.74, 6) is 0.485. The number of nitrogens with zero attached hydrogens (tertiary/aromatic N) is 1. The van der Waals surface area contributed by atoms with Crippen LogP contribution in [0.25, 0.3) is 0 Å². The Morgan fingerprint density at radius 3 is 2.59 bits per heavy atom. The minimum atomic E-state index is -0.105. The van der Waals surface area contributed by atoms with Crippen molar-refractivity contribution in [3.63, 3.8) is 0 Å². The molecule has 114 valence electrons. The number of carbonyl (C=O) groups excluding carboxylic acids is 1. The van der Waals surface area contributed by atoms with E-state index >= 15 is 0 Å². The highest BCUT2D eigenvalue weighted by molar-refractivity contribution is 14.1. The molecular weight excluding hydrogens is 413 g/mol. The van der Waals surface area contributed by atoms with Gasteiger partial charge in [-0.1, -0.05) is 64.5 Å². The van der Waals surface area contributed by atoms with Crippen molar-refractivity contribution in [3.05, 3.63) is 64.7 Å². The maximum absolute atomic E-state index is 12.7. The van der Waals surface area contributed by atoms with Crippen LogP contribution in [-0.4, -0.2) is 22.7 Å². The third-order valence-corrected chi connectivity index (χ3v) is 3.80. The molecule has 0 fully saturated rings. The molecule has 2 aromatic carbocycles. The number of ketones is 1. The summed E-state index contributed by atoms with van der Waals surface area (Å²) in [5, 5.41) is 0.505. The van der Waals surface area contributed by atoms with Crippen molar-refractivity contribution in [1.29, 1.82) is 0 Å². The molecule has 5 heteroatoms. The first-order valence-electron chi connectivity index (χ1n) is 6.81. The van der Waals surface area contributed by atoms with Gasteiger partial charge in [-0.3, -0.25) is 4.79 Å². The molecular formula is C17H15ClINO2. The highest BCUT2D eigenvalue weighted by atomic mass is 127. The van der Waals surface area contributed by atoms with Crippen molar-refractivity contribution in [2.45, 2.75) is 6.92 Å². The number of benzene rings is 2. The van der Waals surface area contributed by atoms with Crippen LogP contribution in [-0.2, 0) is 4.74 Å². The number of hydrogen-bond acceptors (Lipinski definition) is 3. The number of alkyl halides is 1. The second-order valence-corrected chi connectivity index (χ2v) is 5.63. The lowest BCUT2D eigenvalue weighted by molar-refractivity contribution is 0.103. The van der Waals surface area contributed by atoms with E-state index in [0.717, 1.165) is 0 Å². The van der Waals surface area contributed by atoms with Gasteiger partial charge in [0.2, 0.25) is 0 Å². The van der Waals surface area contributed by atoms with Crippen molar-refractivity contribution >= 4 is 51.6 Å². The van der Waals surface area contributed by atoms with E-state index < -0.39 is 0 Å². The first kappa shape index (κ1) is 17.0. The number of rotatable bonds is 5. The second kappa shape index (κ2) is 8.29. The molecule has 0 unspecified atom stereocenters. The maximum Gasteiger partial charge on any atom is 0.198 e. The molecule has 0 saturated carbocycles. The predicted molar refractivity (Wildman–Crippen MR) is 98.9 cm³/mol. The van der Waals surface area contributed by atoms with Gasteiger partial charge in [-0.2, -0.15) is 0 Å². The van der Waals surface area contributed by atoms with Gasteiger partial charge < -0.3 is 4.74 Å². The Morgan fingerprint density at radius 2 is 1.95 bits per heavy atom. The lowest BCUT2D eigenvalue weighted by Crippen LogP contribution is -2.07. The van der Waals surface area contributed by atoms with Gasteiger partial charge in [-0.05, 0) is 25.1 Å². The van der Waals surface area contributed by atoms with Crippen molar-refractivity contribution in [2.24, 2.45) is 4.99 Å². The molecule has 0 N–H and O–H groups in total. The Kier molecular flexibility index (Phi) is 6.39. The van der Waals surface area contributed by atoms with Crippen LogP contribution in [0.3, 0.4) is 0 Å². The van der Waals surface area contributed by atoms with Crippen LogP contribution in [0.1, 0.15) is 22.8 Å². The van der Waals surface area contributed by atoms with Crippen LogP contribution in [0.5, 0.6) is 0 Å². The number of aliphatic imine (C=N–C) groups is 1. The van der Waals surface area contributed by atoms with Crippen LogP contribution in [0, 0.1) is 0 Å². The molecule has 0 aromatic heterocycles. The van der Waals surface area contributed by atoms with Crippen molar-refractivity contribution in [3.8, 4) is 0 Å². The van der Waals surface area contributed by atoms with E-state index in [-0.39, 0.29) is 5.78 Å². The zero-order valence-corrected chi connectivity index (χ0v) is 15.0. The van der Waals surface area contributed by atoms with Crippen molar-refractivity contribution < 1.29 is 9.53 Å². The maximum atomic E-state index is 12.7. The summed E-state index contributed by atoms with van der Waals surface area (Å²) >= 11 is 8.23. The predicted octanol–water partition coefficient (Wildman–Crippen LogP) is 5.07. The SMILES string of the molecule is CCO/C(CI)=N/c1ccc(Cl)cc1C(=O)c1ccccc1. The van der Waals surface area contributed by atoms with Crippen LogP contribution >= 0.6 is 34.2 Å². The Bertz CT molecular complexity index is 686. The molecule has 2 aromatic rings. The summed E-state index contributed by atoms with van der Waals surface area (Å²) in [5.41, 5.74) is 1.65. The molecule has 0 bridgehead atoms. The molecule has 0 atom stereocenters. The van der Waals surface area contributed by atoms with E-state index in [1.165, 1.54) is 0 Å². The Morgan fingerprint density at radius 1 is 1.23 bits per heavy atom. The quantitative estimate of drug-likeness (QED) is 0.220. The Balaban J connectivity index is 2.46. The van der Waals surface area contributed by atoms with Gasteiger partial charge in [0, 0.05) is 16.1 Å². The molecule has 3 nitrogen and oxygen atoms in total. The summed E-state index contributed by atoms with van der Waals surface area (Å²) in [7, 11) is 0. The van der Waals surface area contributed by atoms with Crippen LogP contribution < -0.4 is 0 Å². The van der Waals surface area contributed by atoms with Gasteiger partial charge in [-0.25, -0.2) is 4.99 Å². The molecule has 0 aliphatic carbocycles. The van der Waals surface area contributed by atoms with E-state index in [0.29, 0.717) is 38.8 Å². The molecule has 2 rings (SSSR count). The van der Waals surface area contributed by atoms with Gasteiger partial charge in [0.15, 0.2) is 11.7 Å². The fraction of sp³-hybridized carbons (Fsp3) is 0.176. The van der Waals surface area contributed by atoms with Crippen molar-refractivity contribution in [1.82, 2.24) is 0 Å². The fourth-order valence-corrected chi connectivity index (χ4v) is 2.50. The topological polar surface area (TPSA) is 38.7 Å². The fourth-order valence-electron chi connectivity index (χ4n) is 1.93. The zero-order chi connectivity index (χ0) is 15.9. The highest BCUT2D eigenvalue weighted by Crippen LogP contribution is 2.26. The third kappa shape index (κ3) is 4.30. The van der Waals surface area contributed by atoms with E-state index in [1.54, 1.807) is 30.3 Å². The van der Waals surface area contributed by atoms with Gasteiger partial charge in [0.05, 0.1) is 16.7 Å². The lowest BCUT2D eigenvalue weighted by atomic mass is 10.0. The van der Waals surface area contributed by atoms with E-state index in [1.807, 2.05) is 25.1 Å². The minimum absolute atomic E-state index is 0.105. The number of halogens is 2. The Hall–Kier alpha value is -1.40. The van der Waals surface area contributed by atoms with Crippen molar-refractivity contribution in [2.75, 3.05) is 11.0 Å². The minimum Gasteiger partial charge on any atom is -0.480 e. The standard InChI is InChI=1S/C17H15ClINO2/c1-2-22-16(11-19)20-15-9-8-13(18)10-14(15)17(21)12-6-4-3-5-7-12/h3-10H,2,11H2,1H3/b20-16+. The molecule has 0 heterocycles. The van der Waals surface area contributed by atoms with E-state index in [4.69, 9.17) is 16.3 Å². The summed E-state index contributed by atoms with van der Waals surface area (Å²) < 4.78 is 6.10. The first-order chi connectivity index (χ1) is 10.7. The summed E-state index contributed by atoms with van der Waals surface area (Å²) in [6.07, 6.45) is 0. The van der Waals surface area contributed by atoms with Gasteiger partial charge in [-0.15, -0.1) is 0 Å². The molecule has 0 aliphatic rings. The van der Waals surface area contributed by atoms with Crippen LogP contribution in [0.4, 0.5) is 5.69 Å². The van der Waals surface area contributed by atoms with Crippen LogP contribution in [0.2, 0.25) is 5.02 Å². The largest absolute Gasteiger partial charge is 0.480 e. The van der Waals surface area contributed by atoms with Gasteiger partial charge in [0.25, 0.3) is 0 Å². The smallest absolute Gasteiger partial charge is 0.198 e. The summed E-state index contributed by atoms with van der Waals surface area (Å²) in [6, 6.07) is 14.2. The normalized spacial score (nSPS) is 11.3. The Labute approximate surface area is 148 Å². The number of carbonyl (C=O) groups is 1. The van der Waals surface area contributed by atoms with Crippen LogP contribution in [0.15, 0.2) is 53.5 Å². The van der Waals surface area contributed by atoms with E-state index in [2.05, 4.69) is 27.6 Å². The summed E-state index contributed by atoms with van der Waals surface area (Å²) in [4.78, 5) is 17.1. The highest BCUT2D eigenvalue weighted by Gasteiger charge is 2.14. The number of hydrogen-bond donors (Lipinski definition) is 0. The van der Waals surface area contributed by atoms with Gasteiger partial charge in [0.1, 0.15) is 0 Å². The third-order valence-electron chi connectivity index (χ3n) is 2.91. The molecule has 0 spiro atoms. The summed E-state index contributed by atoms with van der Waals surface area (Å²) in [6.45, 7) is 2.44. The average molecular weight is 428 g/mol. The second-order valence-electron chi connectivity index (χ2n) is 4.43. The first-order valence-corrected chi connectivity index (χ1v) is 8.71. The zero-order valence-electron chi connectivity index (χ0n) is 12.1. The van der Waals surface area contributed by atoms with Gasteiger partial charge >= 0.3 is 0 Å². The molecule has 0 aliphatic heterocycles. The number of ether oxygens (including phenoxy) is 1. The molecule has 22 heavy (non-hydrogen) atoms.